The zero-order valence-electron chi connectivity index (χ0n) is 16.5. The summed E-state index contributed by atoms with van der Waals surface area (Å²) in [7, 11) is 1.84. The van der Waals surface area contributed by atoms with Crippen molar-refractivity contribution in [2.24, 2.45) is 11.3 Å². The third-order valence-corrected chi connectivity index (χ3v) is 5.03. The number of carbonyl (C=O) groups excluding carboxylic acids is 2. The largest absolute Gasteiger partial charge is 0.346 e. The fourth-order valence-electron chi connectivity index (χ4n) is 3.41. The first kappa shape index (κ1) is 19.5. The van der Waals surface area contributed by atoms with Crippen LogP contribution < -0.4 is 0 Å². The molecule has 0 spiro atoms. The van der Waals surface area contributed by atoms with Crippen LogP contribution in [0, 0.1) is 18.3 Å². The van der Waals surface area contributed by atoms with Gasteiger partial charge < -0.3 is 9.80 Å². The van der Waals surface area contributed by atoms with E-state index in [1.54, 1.807) is 4.90 Å². The normalized spacial score (nSPS) is 20.6. The van der Waals surface area contributed by atoms with Crippen LogP contribution in [0.4, 0.5) is 0 Å². The number of benzene rings is 1. The summed E-state index contributed by atoms with van der Waals surface area (Å²) in [4.78, 5) is 29.2. The second kappa shape index (κ2) is 7.59. The maximum absolute atomic E-state index is 12.9. The Morgan fingerprint density at radius 2 is 1.76 bits per heavy atom. The van der Waals surface area contributed by atoms with Crippen LogP contribution >= 0.6 is 0 Å². The molecular weight excluding hydrogens is 312 g/mol. The van der Waals surface area contributed by atoms with Gasteiger partial charge in [-0.15, -0.1) is 0 Å². The quantitative estimate of drug-likeness (QED) is 0.839. The Kier molecular flexibility index (Phi) is 5.91. The molecule has 1 fully saturated rings. The SMILES string of the molecule is CCN(C)C(=O)C1CN(C(=O)CC(C)(C)C)CC1c1ccc(C)cc1. The first-order valence-corrected chi connectivity index (χ1v) is 9.21. The van der Waals surface area contributed by atoms with Crippen molar-refractivity contribution in [1.82, 2.24) is 9.80 Å². The number of hydrogen-bond donors (Lipinski definition) is 0. The molecule has 2 rings (SSSR count). The van der Waals surface area contributed by atoms with E-state index in [9.17, 15) is 9.59 Å². The van der Waals surface area contributed by atoms with Gasteiger partial charge in [-0.1, -0.05) is 50.6 Å². The smallest absolute Gasteiger partial charge is 0.227 e. The summed E-state index contributed by atoms with van der Waals surface area (Å²) in [5.74, 6) is 0.209. The molecule has 1 aliphatic rings. The minimum Gasteiger partial charge on any atom is -0.346 e. The van der Waals surface area contributed by atoms with Crippen molar-refractivity contribution in [3.8, 4) is 0 Å². The summed E-state index contributed by atoms with van der Waals surface area (Å²) in [6.45, 7) is 12.1. The molecule has 2 unspecified atom stereocenters. The predicted octanol–water partition coefficient (Wildman–Crippen LogP) is 3.45. The van der Waals surface area contributed by atoms with E-state index in [0.717, 1.165) is 5.56 Å². The number of hydrogen-bond acceptors (Lipinski definition) is 2. The Morgan fingerprint density at radius 3 is 2.28 bits per heavy atom. The number of carbonyl (C=O) groups is 2. The fourth-order valence-corrected chi connectivity index (χ4v) is 3.41. The summed E-state index contributed by atoms with van der Waals surface area (Å²) in [6, 6.07) is 8.37. The van der Waals surface area contributed by atoms with E-state index >= 15 is 0 Å². The van der Waals surface area contributed by atoms with Crippen molar-refractivity contribution in [2.75, 3.05) is 26.7 Å². The van der Waals surface area contributed by atoms with Crippen molar-refractivity contribution < 1.29 is 9.59 Å². The number of aryl methyl sites for hydroxylation is 1. The van der Waals surface area contributed by atoms with Gasteiger partial charge in [-0.2, -0.15) is 0 Å². The molecule has 0 aromatic heterocycles. The minimum absolute atomic E-state index is 0.0429. The highest BCUT2D eigenvalue weighted by Crippen LogP contribution is 2.35. The number of amides is 2. The van der Waals surface area contributed by atoms with Crippen LogP contribution in [0.3, 0.4) is 0 Å². The number of rotatable bonds is 4. The monoisotopic (exact) mass is 344 g/mol. The molecule has 0 saturated carbocycles. The third kappa shape index (κ3) is 4.83. The highest BCUT2D eigenvalue weighted by atomic mass is 16.2. The lowest BCUT2D eigenvalue weighted by Crippen LogP contribution is -2.37. The second-order valence-corrected chi connectivity index (χ2v) is 8.51. The van der Waals surface area contributed by atoms with Crippen LogP contribution in [0.2, 0.25) is 0 Å². The molecule has 4 heteroatoms. The molecule has 0 aliphatic carbocycles. The number of likely N-dealkylation sites (tertiary alicyclic amines) is 1. The molecule has 0 N–H and O–H groups in total. The van der Waals surface area contributed by atoms with Gasteiger partial charge in [0.15, 0.2) is 0 Å². The lowest BCUT2D eigenvalue weighted by molar-refractivity contribution is -0.135. The minimum atomic E-state index is -0.156. The zero-order valence-corrected chi connectivity index (χ0v) is 16.5. The maximum atomic E-state index is 12.9. The van der Waals surface area contributed by atoms with Gasteiger partial charge in [-0.25, -0.2) is 0 Å². The molecule has 0 radical (unpaired) electrons. The van der Waals surface area contributed by atoms with Crippen LogP contribution in [0.1, 0.15) is 51.2 Å². The highest BCUT2D eigenvalue weighted by Gasteiger charge is 2.41. The second-order valence-electron chi connectivity index (χ2n) is 8.51. The van der Waals surface area contributed by atoms with E-state index in [0.29, 0.717) is 26.1 Å². The molecule has 25 heavy (non-hydrogen) atoms. The van der Waals surface area contributed by atoms with Gasteiger partial charge in [0, 0.05) is 39.0 Å². The van der Waals surface area contributed by atoms with E-state index in [1.807, 2.05) is 18.9 Å². The van der Waals surface area contributed by atoms with Crippen LogP contribution in [0.15, 0.2) is 24.3 Å². The van der Waals surface area contributed by atoms with Gasteiger partial charge in [-0.3, -0.25) is 9.59 Å². The van der Waals surface area contributed by atoms with Gasteiger partial charge in [0.25, 0.3) is 0 Å². The number of nitrogens with zero attached hydrogens (tertiary/aromatic N) is 2. The van der Waals surface area contributed by atoms with Crippen molar-refractivity contribution in [3.63, 3.8) is 0 Å². The van der Waals surface area contributed by atoms with Crippen LogP contribution in [-0.4, -0.2) is 48.3 Å². The highest BCUT2D eigenvalue weighted by molar-refractivity contribution is 5.83. The Balaban J connectivity index is 2.25. The Labute approximate surface area is 152 Å². The van der Waals surface area contributed by atoms with Crippen LogP contribution in [-0.2, 0) is 9.59 Å². The third-order valence-electron chi connectivity index (χ3n) is 5.03. The van der Waals surface area contributed by atoms with Crippen LogP contribution in [0.5, 0.6) is 0 Å². The molecule has 0 bridgehead atoms. The average Bonchev–Trinajstić information content (AvgIpc) is 2.98. The van der Waals surface area contributed by atoms with Gasteiger partial charge in [-0.05, 0) is 24.8 Å². The van der Waals surface area contributed by atoms with E-state index < -0.39 is 0 Å². The molecule has 4 nitrogen and oxygen atoms in total. The van der Waals surface area contributed by atoms with Gasteiger partial charge in [0.2, 0.25) is 11.8 Å². The van der Waals surface area contributed by atoms with E-state index in [4.69, 9.17) is 0 Å². The Morgan fingerprint density at radius 1 is 1.16 bits per heavy atom. The molecule has 1 aromatic carbocycles. The topological polar surface area (TPSA) is 40.6 Å². The molecule has 2 amide bonds. The summed E-state index contributed by atoms with van der Waals surface area (Å²) >= 11 is 0. The van der Waals surface area contributed by atoms with Crippen molar-refractivity contribution in [2.45, 2.75) is 47.0 Å². The van der Waals surface area contributed by atoms with Gasteiger partial charge >= 0.3 is 0 Å². The molecule has 1 heterocycles. The summed E-state index contributed by atoms with van der Waals surface area (Å²) in [5.41, 5.74) is 2.31. The van der Waals surface area contributed by atoms with Crippen molar-refractivity contribution in [1.29, 1.82) is 0 Å². The summed E-state index contributed by atoms with van der Waals surface area (Å²) in [6.07, 6.45) is 0.512. The van der Waals surface area contributed by atoms with Crippen LogP contribution in [0.25, 0.3) is 0 Å². The van der Waals surface area contributed by atoms with Gasteiger partial charge in [0.05, 0.1) is 5.92 Å². The Bertz CT molecular complexity index is 616. The zero-order chi connectivity index (χ0) is 18.8. The van der Waals surface area contributed by atoms with E-state index in [-0.39, 0.29) is 29.1 Å². The lowest BCUT2D eigenvalue weighted by Gasteiger charge is -2.24. The molecule has 1 saturated heterocycles. The fraction of sp³-hybridized carbons (Fsp3) is 0.619. The average molecular weight is 344 g/mol. The molecular formula is C21H32N2O2. The predicted molar refractivity (Wildman–Crippen MR) is 101 cm³/mol. The van der Waals surface area contributed by atoms with E-state index in [1.165, 1.54) is 5.56 Å². The standard InChI is InChI=1S/C21H32N2O2/c1-7-22(6)20(25)18-14-23(19(24)12-21(3,4)5)13-17(18)16-10-8-15(2)9-11-16/h8-11,17-18H,7,12-14H2,1-6H3. The Hall–Kier alpha value is -1.84. The summed E-state index contributed by atoms with van der Waals surface area (Å²) in [5, 5.41) is 0. The summed E-state index contributed by atoms with van der Waals surface area (Å²) < 4.78 is 0. The van der Waals surface area contributed by atoms with Gasteiger partial charge in [0.1, 0.15) is 0 Å². The lowest BCUT2D eigenvalue weighted by atomic mass is 9.87. The first-order chi connectivity index (χ1) is 11.6. The molecule has 1 aromatic rings. The molecule has 138 valence electrons. The van der Waals surface area contributed by atoms with Crippen molar-refractivity contribution >= 4 is 11.8 Å². The van der Waals surface area contributed by atoms with E-state index in [2.05, 4.69) is 52.0 Å². The molecule has 1 aliphatic heterocycles. The van der Waals surface area contributed by atoms with Crippen molar-refractivity contribution in [3.05, 3.63) is 35.4 Å². The molecule has 2 atom stereocenters. The first-order valence-electron chi connectivity index (χ1n) is 9.21. The maximum Gasteiger partial charge on any atom is 0.227 e.